The highest BCUT2D eigenvalue weighted by molar-refractivity contribution is 6.05. The number of carbonyl (C=O) groups is 2. The van der Waals surface area contributed by atoms with Crippen molar-refractivity contribution in [1.82, 2.24) is 19.7 Å². The second-order valence-electron chi connectivity index (χ2n) is 9.03. The van der Waals surface area contributed by atoms with Crippen molar-refractivity contribution in [3.05, 3.63) is 84.6 Å². The molecule has 4 aromatic rings. The fourth-order valence-electron chi connectivity index (χ4n) is 4.80. The number of nitrogens with one attached hydrogen (secondary N) is 1. The van der Waals surface area contributed by atoms with E-state index in [4.69, 9.17) is 10.8 Å². The monoisotopic (exact) mass is 480 g/mol. The minimum atomic E-state index is -0.186. The number of carbonyl (C=O) groups excluding carboxylic acids is 2. The number of anilines is 2. The number of nitrogens with two attached hydrogens (primary N) is 1. The third kappa shape index (κ3) is 4.33. The van der Waals surface area contributed by atoms with Crippen LogP contribution in [0.4, 0.5) is 11.5 Å². The highest BCUT2D eigenvalue weighted by atomic mass is 16.2. The van der Waals surface area contributed by atoms with Gasteiger partial charge in [0.05, 0.1) is 16.9 Å². The lowest BCUT2D eigenvalue weighted by atomic mass is 10.0. The number of hydrogen-bond donors (Lipinski definition) is 2. The second kappa shape index (κ2) is 9.65. The fourth-order valence-corrected chi connectivity index (χ4v) is 4.80. The van der Waals surface area contributed by atoms with E-state index >= 15 is 0 Å². The number of para-hydroxylation sites is 1. The van der Waals surface area contributed by atoms with Crippen LogP contribution in [0.3, 0.4) is 0 Å². The van der Waals surface area contributed by atoms with Crippen molar-refractivity contribution in [2.45, 2.75) is 25.8 Å². The Kier molecular flexibility index (Phi) is 6.25. The molecule has 1 aliphatic rings. The molecule has 2 aromatic carbocycles. The molecule has 2 amide bonds. The lowest BCUT2D eigenvalue weighted by molar-refractivity contribution is -0.127. The van der Waals surface area contributed by atoms with Gasteiger partial charge in [0.15, 0.2) is 0 Å². The first-order chi connectivity index (χ1) is 17.5. The Labute approximate surface area is 209 Å². The van der Waals surface area contributed by atoms with E-state index in [9.17, 15) is 9.59 Å². The molecule has 36 heavy (non-hydrogen) atoms. The number of aromatic nitrogens is 3. The van der Waals surface area contributed by atoms with E-state index in [1.54, 1.807) is 18.3 Å². The number of pyridine rings is 1. The first-order valence-corrected chi connectivity index (χ1v) is 12.0. The average molecular weight is 481 g/mol. The summed E-state index contributed by atoms with van der Waals surface area (Å²) in [5, 5.41) is 8.68. The summed E-state index contributed by atoms with van der Waals surface area (Å²) in [5.74, 6) is 0.144. The van der Waals surface area contributed by atoms with E-state index in [0.717, 1.165) is 40.6 Å². The van der Waals surface area contributed by atoms with Crippen LogP contribution in [-0.4, -0.2) is 44.6 Å². The predicted molar refractivity (Wildman–Crippen MR) is 142 cm³/mol. The molecule has 3 heterocycles. The van der Waals surface area contributed by atoms with Crippen LogP contribution in [-0.2, 0) is 4.79 Å². The highest BCUT2D eigenvalue weighted by Gasteiger charge is 2.28. The summed E-state index contributed by atoms with van der Waals surface area (Å²) in [4.78, 5) is 31.2. The van der Waals surface area contributed by atoms with Gasteiger partial charge in [-0.2, -0.15) is 5.10 Å². The quantitative estimate of drug-likeness (QED) is 0.407. The van der Waals surface area contributed by atoms with Crippen LogP contribution in [0.5, 0.6) is 0 Å². The van der Waals surface area contributed by atoms with E-state index in [-0.39, 0.29) is 17.9 Å². The maximum absolute atomic E-state index is 12.7. The van der Waals surface area contributed by atoms with Gasteiger partial charge in [0.2, 0.25) is 5.91 Å². The van der Waals surface area contributed by atoms with Crippen molar-refractivity contribution < 1.29 is 9.59 Å². The van der Waals surface area contributed by atoms with Crippen LogP contribution >= 0.6 is 0 Å². The van der Waals surface area contributed by atoms with Crippen molar-refractivity contribution in [2.75, 3.05) is 24.1 Å². The van der Waals surface area contributed by atoms with Gasteiger partial charge in [-0.05, 0) is 55.7 Å². The van der Waals surface area contributed by atoms with Crippen LogP contribution in [0.1, 0.15) is 34.8 Å². The number of hydrogen-bond acceptors (Lipinski definition) is 5. The van der Waals surface area contributed by atoms with E-state index in [2.05, 4.69) is 16.9 Å². The largest absolute Gasteiger partial charge is 0.383 e. The van der Waals surface area contributed by atoms with E-state index < -0.39 is 0 Å². The fraction of sp³-hybridized carbons (Fsp3) is 0.214. The minimum Gasteiger partial charge on any atom is -0.383 e. The molecule has 0 bridgehead atoms. The number of nitrogens with zero attached hydrogens (tertiary/aromatic N) is 4. The van der Waals surface area contributed by atoms with Gasteiger partial charge in [0.1, 0.15) is 11.5 Å². The summed E-state index contributed by atoms with van der Waals surface area (Å²) >= 11 is 0. The minimum absolute atomic E-state index is 0.00956. The van der Waals surface area contributed by atoms with Crippen LogP contribution in [0.2, 0.25) is 0 Å². The lowest BCUT2D eigenvalue weighted by Gasteiger charge is -2.32. The van der Waals surface area contributed by atoms with Gasteiger partial charge >= 0.3 is 0 Å². The zero-order valence-corrected chi connectivity index (χ0v) is 20.1. The van der Waals surface area contributed by atoms with Crippen LogP contribution in [0.25, 0.3) is 22.2 Å². The van der Waals surface area contributed by atoms with Crippen molar-refractivity contribution in [3.63, 3.8) is 0 Å². The number of benzene rings is 2. The molecule has 1 unspecified atom stereocenters. The molecule has 0 saturated carbocycles. The topological polar surface area (TPSA) is 106 Å². The van der Waals surface area contributed by atoms with Gasteiger partial charge < -0.3 is 16.0 Å². The molecule has 0 spiro atoms. The number of likely N-dealkylation sites (tertiary alicyclic amines) is 1. The van der Waals surface area contributed by atoms with Crippen LogP contribution < -0.4 is 11.1 Å². The van der Waals surface area contributed by atoms with Crippen LogP contribution in [0.15, 0.2) is 73.4 Å². The Morgan fingerprint density at radius 1 is 1.14 bits per heavy atom. The summed E-state index contributed by atoms with van der Waals surface area (Å²) in [6.07, 6.45) is 4.90. The smallest absolute Gasteiger partial charge is 0.255 e. The Morgan fingerprint density at radius 2 is 1.89 bits per heavy atom. The molecular formula is C28H28N6O2. The predicted octanol–water partition coefficient (Wildman–Crippen LogP) is 4.59. The third-order valence-corrected chi connectivity index (χ3v) is 6.62. The van der Waals surface area contributed by atoms with Gasteiger partial charge in [-0.3, -0.25) is 14.3 Å². The molecule has 1 saturated heterocycles. The summed E-state index contributed by atoms with van der Waals surface area (Å²) in [6.45, 7) is 6.89. The van der Waals surface area contributed by atoms with Gasteiger partial charge in [0.25, 0.3) is 5.91 Å². The number of piperidine rings is 1. The molecule has 1 fully saturated rings. The first-order valence-electron chi connectivity index (χ1n) is 12.0. The van der Waals surface area contributed by atoms with Crippen molar-refractivity contribution in [3.8, 4) is 11.3 Å². The van der Waals surface area contributed by atoms with Gasteiger partial charge in [-0.15, -0.1) is 0 Å². The Bertz CT molecular complexity index is 1440. The number of fused-ring (bicyclic) bond motifs is 1. The lowest BCUT2D eigenvalue weighted by Crippen LogP contribution is -2.40. The van der Waals surface area contributed by atoms with Crippen molar-refractivity contribution in [1.29, 1.82) is 0 Å². The number of aryl methyl sites for hydroxylation is 1. The number of nitrogen functional groups attached to an aromatic ring is 1. The molecular weight excluding hydrogens is 452 g/mol. The number of rotatable bonds is 5. The first kappa shape index (κ1) is 23.3. The molecule has 182 valence electrons. The number of amides is 2. The standard InChI is InChI=1S/C28H28N6O2/c1-3-23(35)33-15-7-10-22(17-33)34-26-18(2)16-30-27(29)24(26)25(32-34)19-11-13-20(14-12-19)28(36)31-21-8-5-4-6-9-21/h3-6,8-9,11-14,16,22H,1,7,10,15,17H2,2H3,(H2,29,30)(H,31,36). The summed E-state index contributed by atoms with van der Waals surface area (Å²) in [5.41, 5.74) is 11.1. The zero-order valence-electron chi connectivity index (χ0n) is 20.1. The van der Waals surface area contributed by atoms with E-state index in [1.165, 1.54) is 6.08 Å². The average Bonchev–Trinajstić information content (AvgIpc) is 3.33. The maximum atomic E-state index is 12.7. The maximum Gasteiger partial charge on any atom is 0.255 e. The molecule has 5 rings (SSSR count). The Hall–Kier alpha value is -4.46. The Balaban J connectivity index is 1.51. The van der Waals surface area contributed by atoms with Gasteiger partial charge in [-0.25, -0.2) is 4.98 Å². The van der Waals surface area contributed by atoms with E-state index in [0.29, 0.717) is 30.2 Å². The summed E-state index contributed by atoms with van der Waals surface area (Å²) in [7, 11) is 0. The molecule has 8 heteroatoms. The molecule has 8 nitrogen and oxygen atoms in total. The van der Waals surface area contributed by atoms with Gasteiger partial charge in [-0.1, -0.05) is 36.9 Å². The zero-order chi connectivity index (χ0) is 25.2. The highest BCUT2D eigenvalue weighted by Crippen LogP contribution is 2.36. The normalized spacial score (nSPS) is 15.6. The van der Waals surface area contributed by atoms with Crippen molar-refractivity contribution >= 4 is 34.2 Å². The third-order valence-electron chi connectivity index (χ3n) is 6.62. The molecule has 1 atom stereocenters. The summed E-state index contributed by atoms with van der Waals surface area (Å²) < 4.78 is 2.00. The molecule has 1 aliphatic heterocycles. The van der Waals surface area contributed by atoms with Gasteiger partial charge in [0, 0.05) is 36.1 Å². The molecule has 2 aromatic heterocycles. The molecule has 3 N–H and O–H groups in total. The SMILES string of the molecule is C=CC(=O)N1CCCC(n2nc(-c3ccc(C(=O)Nc4ccccc4)cc3)c3c(N)ncc(C)c32)C1. The summed E-state index contributed by atoms with van der Waals surface area (Å²) in [6, 6.07) is 16.7. The van der Waals surface area contributed by atoms with Crippen LogP contribution in [0, 0.1) is 6.92 Å². The Morgan fingerprint density at radius 3 is 2.61 bits per heavy atom. The van der Waals surface area contributed by atoms with Crippen molar-refractivity contribution in [2.24, 2.45) is 0 Å². The molecule has 0 aliphatic carbocycles. The molecule has 0 radical (unpaired) electrons. The van der Waals surface area contributed by atoms with E-state index in [1.807, 2.05) is 59.0 Å². The second-order valence-corrected chi connectivity index (χ2v) is 9.03.